The lowest BCUT2D eigenvalue weighted by Gasteiger charge is -2.05. The number of oxazole rings is 1. The van der Waals surface area contributed by atoms with Crippen molar-refractivity contribution < 1.29 is 4.42 Å². The van der Waals surface area contributed by atoms with Crippen LogP contribution in [0.2, 0.25) is 0 Å². The van der Waals surface area contributed by atoms with E-state index in [1.54, 1.807) is 23.6 Å². The third-order valence-corrected chi connectivity index (χ3v) is 3.72. The molecule has 0 bridgehead atoms. The molecule has 110 valence electrons. The van der Waals surface area contributed by atoms with E-state index in [-0.39, 0.29) is 17.8 Å². The molecular formula is C14H16N4O3. The second-order valence-corrected chi connectivity index (χ2v) is 4.97. The fourth-order valence-electron chi connectivity index (χ4n) is 2.42. The maximum atomic E-state index is 12.7. The second kappa shape index (κ2) is 4.47. The highest BCUT2D eigenvalue weighted by Crippen LogP contribution is 2.19. The van der Waals surface area contributed by atoms with E-state index < -0.39 is 0 Å². The van der Waals surface area contributed by atoms with Gasteiger partial charge in [0.1, 0.15) is 5.76 Å². The molecule has 0 saturated heterocycles. The summed E-state index contributed by atoms with van der Waals surface area (Å²) in [7, 11) is 1.60. The number of nitrogens with zero attached hydrogens (tertiary/aromatic N) is 4. The number of fused-ring (bicyclic) bond motifs is 3. The van der Waals surface area contributed by atoms with Gasteiger partial charge in [-0.05, 0) is 20.8 Å². The molecule has 0 fully saturated rings. The maximum absolute atomic E-state index is 12.7. The number of hydrogen-bond acceptors (Lipinski definition) is 4. The number of hydrogen-bond donors (Lipinski definition) is 0. The van der Waals surface area contributed by atoms with Crippen LogP contribution in [0.15, 0.2) is 26.2 Å². The molecule has 21 heavy (non-hydrogen) atoms. The Kier molecular flexibility index (Phi) is 2.86. The molecule has 7 heteroatoms. The van der Waals surface area contributed by atoms with Gasteiger partial charge in [0, 0.05) is 13.6 Å². The van der Waals surface area contributed by atoms with Crippen molar-refractivity contribution in [2.75, 3.05) is 0 Å². The number of aromatic nitrogens is 4. The Morgan fingerprint density at radius 2 is 2.00 bits per heavy atom. The minimum absolute atomic E-state index is 0.237. The van der Waals surface area contributed by atoms with Crippen LogP contribution in [-0.4, -0.2) is 18.5 Å². The first-order chi connectivity index (χ1) is 9.97. The average molecular weight is 288 g/mol. The number of aryl methyl sites for hydroxylation is 3. The van der Waals surface area contributed by atoms with Gasteiger partial charge in [-0.1, -0.05) is 12.2 Å². The zero-order valence-corrected chi connectivity index (χ0v) is 12.4. The van der Waals surface area contributed by atoms with Crippen LogP contribution in [-0.2, 0) is 13.6 Å². The molecule has 0 aliphatic rings. The van der Waals surface area contributed by atoms with Gasteiger partial charge < -0.3 is 4.42 Å². The summed E-state index contributed by atoms with van der Waals surface area (Å²) >= 11 is 0. The second-order valence-electron chi connectivity index (χ2n) is 4.97. The highest BCUT2D eigenvalue weighted by atomic mass is 16.4. The SMILES string of the molecule is C/C=C/Cn1c(=O)c2c(nc3oc(C)c(C)n32)n(C)c1=O. The molecule has 0 radical (unpaired) electrons. The number of rotatable bonds is 2. The molecule has 3 heterocycles. The summed E-state index contributed by atoms with van der Waals surface area (Å²) in [6.07, 6.45) is 3.57. The molecule has 0 N–H and O–H groups in total. The van der Waals surface area contributed by atoms with Gasteiger partial charge in [-0.15, -0.1) is 0 Å². The molecule has 3 aromatic rings. The van der Waals surface area contributed by atoms with Crippen molar-refractivity contribution in [2.45, 2.75) is 27.3 Å². The first-order valence-corrected chi connectivity index (χ1v) is 6.66. The fourth-order valence-corrected chi connectivity index (χ4v) is 2.42. The molecule has 0 aliphatic heterocycles. The van der Waals surface area contributed by atoms with Crippen molar-refractivity contribution >= 4 is 17.0 Å². The van der Waals surface area contributed by atoms with E-state index in [4.69, 9.17) is 4.42 Å². The average Bonchev–Trinajstić information content (AvgIpc) is 2.95. The fraction of sp³-hybridized carbons (Fsp3) is 0.357. The molecule has 3 aromatic heterocycles. The Morgan fingerprint density at radius 3 is 2.67 bits per heavy atom. The molecule has 0 amide bonds. The van der Waals surface area contributed by atoms with Crippen LogP contribution in [0, 0.1) is 13.8 Å². The molecule has 0 saturated carbocycles. The molecule has 0 spiro atoms. The van der Waals surface area contributed by atoms with Crippen molar-refractivity contribution in [1.82, 2.24) is 18.5 Å². The zero-order valence-electron chi connectivity index (χ0n) is 12.4. The Labute approximate surface area is 119 Å². The van der Waals surface area contributed by atoms with Crippen molar-refractivity contribution in [1.29, 1.82) is 0 Å². The van der Waals surface area contributed by atoms with Crippen LogP contribution in [0.4, 0.5) is 0 Å². The van der Waals surface area contributed by atoms with E-state index in [1.165, 1.54) is 9.13 Å². The topological polar surface area (TPSA) is 74.4 Å². The predicted molar refractivity (Wildman–Crippen MR) is 78.8 cm³/mol. The Hall–Kier alpha value is -2.57. The summed E-state index contributed by atoms with van der Waals surface area (Å²) in [6, 6.07) is 0. The lowest BCUT2D eigenvalue weighted by molar-refractivity contribution is 0.561. The predicted octanol–water partition coefficient (Wildman–Crippen LogP) is 1.13. The highest BCUT2D eigenvalue weighted by Gasteiger charge is 2.20. The standard InChI is InChI=1S/C14H16N4O3/c1-5-6-7-17-12(19)10-11(16(4)14(17)20)15-13-18(10)8(2)9(3)21-13/h5-6H,7H2,1-4H3/b6-5+. The van der Waals surface area contributed by atoms with E-state index in [2.05, 4.69) is 4.98 Å². The van der Waals surface area contributed by atoms with Gasteiger partial charge in [0.25, 0.3) is 5.56 Å². The van der Waals surface area contributed by atoms with E-state index in [0.717, 1.165) is 5.69 Å². The molecule has 0 atom stereocenters. The summed E-state index contributed by atoms with van der Waals surface area (Å²) in [4.78, 5) is 29.2. The minimum Gasteiger partial charge on any atom is -0.428 e. The van der Waals surface area contributed by atoms with E-state index in [0.29, 0.717) is 22.8 Å². The van der Waals surface area contributed by atoms with Gasteiger partial charge in [-0.2, -0.15) is 4.98 Å². The molecule has 3 rings (SSSR count). The zero-order chi connectivity index (χ0) is 15.3. The Bertz CT molecular complexity index is 997. The van der Waals surface area contributed by atoms with E-state index in [9.17, 15) is 9.59 Å². The normalized spacial score (nSPS) is 12.2. The summed E-state index contributed by atoms with van der Waals surface area (Å²) in [6.45, 7) is 5.75. The van der Waals surface area contributed by atoms with Gasteiger partial charge >= 0.3 is 11.5 Å². The van der Waals surface area contributed by atoms with Gasteiger partial charge in [0.05, 0.1) is 5.69 Å². The summed E-state index contributed by atoms with van der Waals surface area (Å²) in [5, 5.41) is 0. The van der Waals surface area contributed by atoms with Gasteiger partial charge in [-0.25, -0.2) is 4.79 Å². The van der Waals surface area contributed by atoms with Crippen LogP contribution in [0.3, 0.4) is 0 Å². The molecule has 0 aromatic carbocycles. The van der Waals surface area contributed by atoms with Crippen LogP contribution in [0.1, 0.15) is 18.4 Å². The summed E-state index contributed by atoms with van der Waals surface area (Å²) in [5.74, 6) is 1.03. The van der Waals surface area contributed by atoms with Gasteiger partial charge in [-0.3, -0.25) is 18.3 Å². The monoisotopic (exact) mass is 288 g/mol. The first-order valence-electron chi connectivity index (χ1n) is 6.66. The maximum Gasteiger partial charge on any atom is 0.332 e. The third-order valence-electron chi connectivity index (χ3n) is 3.72. The van der Waals surface area contributed by atoms with Crippen LogP contribution >= 0.6 is 0 Å². The van der Waals surface area contributed by atoms with Crippen LogP contribution in [0.5, 0.6) is 0 Å². The largest absolute Gasteiger partial charge is 0.428 e. The van der Waals surface area contributed by atoms with Crippen molar-refractivity contribution in [3.63, 3.8) is 0 Å². The van der Waals surface area contributed by atoms with Crippen molar-refractivity contribution in [2.24, 2.45) is 7.05 Å². The van der Waals surface area contributed by atoms with E-state index >= 15 is 0 Å². The Morgan fingerprint density at radius 1 is 1.29 bits per heavy atom. The highest BCUT2D eigenvalue weighted by molar-refractivity contribution is 5.75. The molecule has 7 nitrogen and oxygen atoms in total. The number of allylic oxidation sites excluding steroid dienone is 2. The van der Waals surface area contributed by atoms with Crippen molar-refractivity contribution in [3.05, 3.63) is 44.4 Å². The quantitative estimate of drug-likeness (QED) is 0.663. The third kappa shape index (κ3) is 1.70. The van der Waals surface area contributed by atoms with Gasteiger partial charge in [0.15, 0.2) is 11.2 Å². The molecular weight excluding hydrogens is 272 g/mol. The first kappa shape index (κ1) is 13.4. The van der Waals surface area contributed by atoms with Crippen LogP contribution < -0.4 is 11.2 Å². The molecule has 0 unspecified atom stereocenters. The smallest absolute Gasteiger partial charge is 0.332 e. The summed E-state index contributed by atoms with van der Waals surface area (Å²) < 4.78 is 9.76. The van der Waals surface area contributed by atoms with E-state index in [1.807, 2.05) is 20.8 Å². The van der Waals surface area contributed by atoms with Crippen molar-refractivity contribution in [3.8, 4) is 0 Å². The minimum atomic E-state index is -0.388. The Balaban J connectivity index is 2.55. The lowest BCUT2D eigenvalue weighted by Crippen LogP contribution is -2.39. The van der Waals surface area contributed by atoms with Gasteiger partial charge in [0.2, 0.25) is 0 Å². The number of imidazole rings is 1. The lowest BCUT2D eigenvalue weighted by atomic mass is 10.4. The summed E-state index contributed by atoms with van der Waals surface area (Å²) in [5.41, 5.74) is 0.763. The molecule has 0 aliphatic carbocycles. The van der Waals surface area contributed by atoms with Crippen LogP contribution in [0.25, 0.3) is 17.0 Å².